The summed E-state index contributed by atoms with van der Waals surface area (Å²) < 4.78 is 13.3. The number of carbonyl (C=O) groups is 2. The maximum absolute atomic E-state index is 13.3. The zero-order valence-corrected chi connectivity index (χ0v) is 14.0. The first kappa shape index (κ1) is 16.4. The number of nitrogens with one attached hydrogen (secondary N) is 2. The summed E-state index contributed by atoms with van der Waals surface area (Å²) in [6.07, 6.45) is 0.932. The topological polar surface area (TPSA) is 74.3 Å². The summed E-state index contributed by atoms with van der Waals surface area (Å²) in [6, 6.07) is 4.09. The van der Waals surface area contributed by atoms with E-state index in [0.717, 1.165) is 12.0 Å². The van der Waals surface area contributed by atoms with Gasteiger partial charge in [0.05, 0.1) is 12.1 Å². The highest BCUT2D eigenvalue weighted by molar-refractivity contribution is 7.14. The highest BCUT2D eigenvalue weighted by atomic mass is 32.1. The molecule has 24 heavy (non-hydrogen) atoms. The Kier molecular flexibility index (Phi) is 4.75. The largest absolute Gasteiger partial charge is 0.338 e. The fourth-order valence-corrected chi connectivity index (χ4v) is 3.25. The van der Waals surface area contributed by atoms with E-state index >= 15 is 0 Å². The molecular weight excluding hydrogens is 331 g/mol. The number of urea groups is 1. The Hall–Kier alpha value is -2.48. The number of amides is 3. The number of rotatable bonds is 4. The normalized spacial score (nSPS) is 14.4. The maximum Gasteiger partial charge on any atom is 0.323 e. The summed E-state index contributed by atoms with van der Waals surface area (Å²) in [4.78, 5) is 29.9. The lowest BCUT2D eigenvalue weighted by molar-refractivity contribution is -0.115. The van der Waals surface area contributed by atoms with Crippen LogP contribution in [0, 0.1) is 12.7 Å². The molecule has 3 amide bonds. The van der Waals surface area contributed by atoms with E-state index in [1.54, 1.807) is 23.3 Å². The molecule has 1 aromatic heterocycles. The molecule has 1 aliphatic heterocycles. The molecule has 0 unspecified atom stereocenters. The van der Waals surface area contributed by atoms with Gasteiger partial charge in [0.15, 0.2) is 5.13 Å². The lowest BCUT2D eigenvalue weighted by Crippen LogP contribution is -2.46. The molecule has 1 saturated heterocycles. The minimum atomic E-state index is -0.400. The number of hydrogen-bond donors (Lipinski definition) is 2. The zero-order chi connectivity index (χ0) is 17.1. The van der Waals surface area contributed by atoms with E-state index in [0.29, 0.717) is 29.6 Å². The van der Waals surface area contributed by atoms with E-state index in [4.69, 9.17) is 0 Å². The number of thiazole rings is 1. The second-order valence-corrected chi connectivity index (χ2v) is 6.38. The van der Waals surface area contributed by atoms with Crippen molar-refractivity contribution in [1.29, 1.82) is 0 Å². The van der Waals surface area contributed by atoms with Crippen molar-refractivity contribution >= 4 is 34.1 Å². The first-order chi connectivity index (χ1) is 11.5. The van der Waals surface area contributed by atoms with Crippen molar-refractivity contribution in [3.8, 4) is 0 Å². The Morgan fingerprint density at radius 3 is 3.12 bits per heavy atom. The highest BCUT2D eigenvalue weighted by Crippen LogP contribution is 2.23. The van der Waals surface area contributed by atoms with Crippen LogP contribution < -0.4 is 15.5 Å². The highest BCUT2D eigenvalue weighted by Gasteiger charge is 2.22. The molecule has 0 spiro atoms. The zero-order valence-electron chi connectivity index (χ0n) is 13.1. The van der Waals surface area contributed by atoms with Gasteiger partial charge in [-0.05, 0) is 31.0 Å². The van der Waals surface area contributed by atoms with E-state index in [9.17, 15) is 14.0 Å². The number of carbonyl (C=O) groups excluding carboxylic acids is 2. The van der Waals surface area contributed by atoms with Crippen LogP contribution in [-0.4, -0.2) is 30.0 Å². The standard InChI is InChI=1S/C16H17FN4O2S/c1-10-3-4-11(17)7-13(10)20-14(22)8-12-9-24-16(19-12)21-6-2-5-18-15(21)23/h3-4,7,9H,2,5-6,8H2,1H3,(H,18,23)(H,20,22). The number of hydrogen-bond acceptors (Lipinski definition) is 4. The molecule has 0 saturated carbocycles. The van der Waals surface area contributed by atoms with Gasteiger partial charge in [-0.3, -0.25) is 9.69 Å². The molecule has 0 atom stereocenters. The third kappa shape index (κ3) is 3.70. The van der Waals surface area contributed by atoms with Crippen molar-refractivity contribution < 1.29 is 14.0 Å². The number of anilines is 2. The molecule has 0 radical (unpaired) electrons. The molecule has 126 valence electrons. The van der Waals surface area contributed by atoms with E-state index < -0.39 is 5.82 Å². The number of halogens is 1. The van der Waals surface area contributed by atoms with Crippen molar-refractivity contribution in [3.63, 3.8) is 0 Å². The summed E-state index contributed by atoms with van der Waals surface area (Å²) in [7, 11) is 0. The fraction of sp³-hybridized carbons (Fsp3) is 0.312. The molecule has 2 heterocycles. The van der Waals surface area contributed by atoms with Gasteiger partial charge in [0.1, 0.15) is 5.82 Å². The average molecular weight is 348 g/mol. The van der Waals surface area contributed by atoms with Crippen LogP contribution in [0.4, 0.5) is 20.0 Å². The van der Waals surface area contributed by atoms with Crippen molar-refractivity contribution in [3.05, 3.63) is 40.7 Å². The quantitative estimate of drug-likeness (QED) is 0.892. The van der Waals surface area contributed by atoms with Crippen LogP contribution in [0.3, 0.4) is 0 Å². The number of aromatic nitrogens is 1. The van der Waals surface area contributed by atoms with Gasteiger partial charge in [-0.2, -0.15) is 0 Å². The number of nitrogens with zero attached hydrogens (tertiary/aromatic N) is 2. The average Bonchev–Trinajstić information content (AvgIpc) is 2.99. The molecule has 0 bridgehead atoms. The third-order valence-electron chi connectivity index (χ3n) is 3.67. The molecule has 1 aromatic carbocycles. The predicted octanol–water partition coefficient (Wildman–Crippen LogP) is 2.69. The Labute approximate surface area is 142 Å². The molecule has 0 aliphatic carbocycles. The van der Waals surface area contributed by atoms with Gasteiger partial charge in [0.25, 0.3) is 0 Å². The Balaban J connectivity index is 1.65. The molecule has 1 aliphatic rings. The van der Waals surface area contributed by atoms with E-state index in [1.807, 2.05) is 0 Å². The van der Waals surface area contributed by atoms with Gasteiger partial charge in [-0.1, -0.05) is 6.07 Å². The van der Waals surface area contributed by atoms with Crippen molar-refractivity contribution in [2.45, 2.75) is 19.8 Å². The van der Waals surface area contributed by atoms with Gasteiger partial charge in [-0.15, -0.1) is 11.3 Å². The second kappa shape index (κ2) is 6.96. The van der Waals surface area contributed by atoms with Crippen LogP contribution in [-0.2, 0) is 11.2 Å². The Morgan fingerprint density at radius 2 is 2.33 bits per heavy atom. The minimum Gasteiger partial charge on any atom is -0.338 e. The summed E-state index contributed by atoms with van der Waals surface area (Å²) in [5.74, 6) is -0.674. The molecule has 6 nitrogen and oxygen atoms in total. The molecule has 1 fully saturated rings. The van der Waals surface area contributed by atoms with E-state index in [1.165, 1.54) is 23.5 Å². The SMILES string of the molecule is Cc1ccc(F)cc1NC(=O)Cc1csc(N2CCCNC2=O)n1. The molecule has 3 rings (SSSR count). The molecule has 2 aromatic rings. The van der Waals surface area contributed by atoms with Crippen LogP contribution in [0.2, 0.25) is 0 Å². The lowest BCUT2D eigenvalue weighted by atomic mass is 10.2. The summed E-state index contributed by atoms with van der Waals surface area (Å²) in [6.45, 7) is 3.08. The summed E-state index contributed by atoms with van der Waals surface area (Å²) in [5, 5.41) is 7.79. The lowest BCUT2D eigenvalue weighted by Gasteiger charge is -2.24. The predicted molar refractivity (Wildman–Crippen MR) is 90.9 cm³/mol. The Morgan fingerprint density at radius 1 is 1.50 bits per heavy atom. The van der Waals surface area contributed by atoms with E-state index in [2.05, 4.69) is 15.6 Å². The van der Waals surface area contributed by atoms with Crippen molar-refractivity contribution in [1.82, 2.24) is 10.3 Å². The maximum atomic E-state index is 13.3. The second-order valence-electron chi connectivity index (χ2n) is 5.54. The van der Waals surface area contributed by atoms with Gasteiger partial charge in [0.2, 0.25) is 5.91 Å². The monoisotopic (exact) mass is 348 g/mol. The summed E-state index contributed by atoms with van der Waals surface area (Å²) >= 11 is 1.33. The fourth-order valence-electron chi connectivity index (χ4n) is 2.40. The van der Waals surface area contributed by atoms with Crippen molar-refractivity contribution in [2.75, 3.05) is 23.3 Å². The minimum absolute atomic E-state index is 0.0713. The van der Waals surface area contributed by atoms with Crippen LogP contribution >= 0.6 is 11.3 Å². The molecule has 8 heteroatoms. The van der Waals surface area contributed by atoms with Gasteiger partial charge in [-0.25, -0.2) is 14.2 Å². The number of aryl methyl sites for hydroxylation is 1. The summed E-state index contributed by atoms with van der Waals surface area (Å²) in [5.41, 5.74) is 1.82. The van der Waals surface area contributed by atoms with Crippen LogP contribution in [0.5, 0.6) is 0 Å². The van der Waals surface area contributed by atoms with Crippen LogP contribution in [0.15, 0.2) is 23.6 Å². The third-order valence-corrected chi connectivity index (χ3v) is 4.58. The van der Waals surface area contributed by atoms with Gasteiger partial charge in [0, 0.05) is 24.2 Å². The van der Waals surface area contributed by atoms with Gasteiger partial charge >= 0.3 is 6.03 Å². The van der Waals surface area contributed by atoms with Crippen LogP contribution in [0.1, 0.15) is 17.7 Å². The number of benzene rings is 1. The van der Waals surface area contributed by atoms with Gasteiger partial charge < -0.3 is 10.6 Å². The molecular formula is C16H17FN4O2S. The van der Waals surface area contributed by atoms with Crippen LogP contribution in [0.25, 0.3) is 0 Å². The van der Waals surface area contributed by atoms with Crippen molar-refractivity contribution in [2.24, 2.45) is 0 Å². The smallest absolute Gasteiger partial charge is 0.323 e. The first-order valence-corrected chi connectivity index (χ1v) is 8.46. The first-order valence-electron chi connectivity index (χ1n) is 7.59. The van der Waals surface area contributed by atoms with E-state index in [-0.39, 0.29) is 18.4 Å². The Bertz CT molecular complexity index is 777. The molecule has 2 N–H and O–H groups in total.